The topological polar surface area (TPSA) is 35.2 Å². The fourth-order valence-electron chi connectivity index (χ4n) is 2.23. The van der Waals surface area contributed by atoms with Crippen LogP contribution in [0.3, 0.4) is 0 Å². The van der Waals surface area contributed by atoms with Crippen LogP contribution >= 0.6 is 0 Å². The average Bonchev–Trinajstić information content (AvgIpc) is 2.44. The number of aryl methyl sites for hydroxylation is 2. The van der Waals surface area contributed by atoms with Crippen LogP contribution in [0.5, 0.6) is 5.75 Å². The molecule has 0 fully saturated rings. The number of nitrogens with two attached hydrogens (primary N) is 1. The molecular formula is C18H23NO. The van der Waals surface area contributed by atoms with Crippen LogP contribution in [0, 0.1) is 20.8 Å². The predicted molar refractivity (Wildman–Crippen MR) is 84.1 cm³/mol. The van der Waals surface area contributed by atoms with Crippen LogP contribution in [0.4, 0.5) is 0 Å². The third-order valence-electron chi connectivity index (χ3n) is 3.70. The Kier molecular flexibility index (Phi) is 4.80. The van der Waals surface area contributed by atoms with Gasteiger partial charge >= 0.3 is 0 Å². The average molecular weight is 269 g/mol. The Labute approximate surface area is 121 Å². The Morgan fingerprint density at radius 1 is 1.00 bits per heavy atom. The van der Waals surface area contributed by atoms with Gasteiger partial charge in [0, 0.05) is 6.42 Å². The number of hydrogen-bond donors (Lipinski definition) is 1. The summed E-state index contributed by atoms with van der Waals surface area (Å²) in [4.78, 5) is 0. The largest absolute Gasteiger partial charge is 0.485 e. The van der Waals surface area contributed by atoms with Gasteiger partial charge in [-0.3, -0.25) is 0 Å². The van der Waals surface area contributed by atoms with Crippen molar-refractivity contribution in [1.82, 2.24) is 0 Å². The molecule has 0 aliphatic heterocycles. The summed E-state index contributed by atoms with van der Waals surface area (Å²) in [6.45, 7) is 6.90. The van der Waals surface area contributed by atoms with Gasteiger partial charge in [0.2, 0.25) is 0 Å². The number of benzene rings is 2. The molecular weight excluding hydrogens is 246 g/mol. The lowest BCUT2D eigenvalue weighted by molar-refractivity contribution is 0.196. The van der Waals surface area contributed by atoms with E-state index in [-0.39, 0.29) is 6.10 Å². The highest BCUT2D eigenvalue weighted by Crippen LogP contribution is 2.28. The van der Waals surface area contributed by atoms with E-state index in [1.807, 2.05) is 12.1 Å². The third-order valence-corrected chi connectivity index (χ3v) is 3.70. The molecule has 2 N–H and O–H groups in total. The maximum Gasteiger partial charge on any atom is 0.125 e. The maximum absolute atomic E-state index is 6.21. The number of ether oxygens (including phenoxy) is 1. The normalized spacial score (nSPS) is 12.2. The molecule has 2 rings (SSSR count). The molecule has 0 aliphatic carbocycles. The zero-order valence-electron chi connectivity index (χ0n) is 12.5. The van der Waals surface area contributed by atoms with Crippen LogP contribution in [0.25, 0.3) is 0 Å². The minimum Gasteiger partial charge on any atom is -0.485 e. The molecule has 2 nitrogen and oxygen atoms in total. The van der Waals surface area contributed by atoms with Crippen molar-refractivity contribution in [1.29, 1.82) is 0 Å². The molecule has 1 atom stereocenters. The number of hydrogen-bond acceptors (Lipinski definition) is 2. The summed E-state index contributed by atoms with van der Waals surface area (Å²) in [6, 6.07) is 14.6. The zero-order valence-corrected chi connectivity index (χ0v) is 12.5. The van der Waals surface area contributed by atoms with Gasteiger partial charge in [-0.1, -0.05) is 42.0 Å². The summed E-state index contributed by atoms with van der Waals surface area (Å²) >= 11 is 0. The Morgan fingerprint density at radius 3 is 2.35 bits per heavy atom. The summed E-state index contributed by atoms with van der Waals surface area (Å²) in [6.07, 6.45) is 0.831. The first-order chi connectivity index (χ1) is 9.61. The molecule has 0 bridgehead atoms. The van der Waals surface area contributed by atoms with Crippen LogP contribution in [-0.4, -0.2) is 6.54 Å². The van der Waals surface area contributed by atoms with E-state index in [2.05, 4.69) is 51.1 Å². The number of rotatable bonds is 5. The van der Waals surface area contributed by atoms with Gasteiger partial charge in [0.1, 0.15) is 11.9 Å². The summed E-state index contributed by atoms with van der Waals surface area (Å²) < 4.78 is 6.21. The van der Waals surface area contributed by atoms with E-state index in [4.69, 9.17) is 10.5 Å². The van der Waals surface area contributed by atoms with Gasteiger partial charge in [-0.25, -0.2) is 0 Å². The van der Waals surface area contributed by atoms with Crippen molar-refractivity contribution < 1.29 is 4.74 Å². The van der Waals surface area contributed by atoms with E-state index >= 15 is 0 Å². The van der Waals surface area contributed by atoms with E-state index < -0.39 is 0 Å². The van der Waals surface area contributed by atoms with Gasteiger partial charge in [0.05, 0.1) is 0 Å². The third kappa shape index (κ3) is 3.40. The highest BCUT2D eigenvalue weighted by molar-refractivity contribution is 5.39. The highest BCUT2D eigenvalue weighted by Gasteiger charge is 2.14. The smallest absolute Gasteiger partial charge is 0.125 e. The lowest BCUT2D eigenvalue weighted by Gasteiger charge is -2.21. The van der Waals surface area contributed by atoms with Crippen molar-refractivity contribution in [2.75, 3.05) is 6.54 Å². The molecule has 0 saturated heterocycles. The van der Waals surface area contributed by atoms with Crippen molar-refractivity contribution in [3.8, 4) is 5.75 Å². The van der Waals surface area contributed by atoms with Gasteiger partial charge in [-0.05, 0) is 50.1 Å². The fraction of sp³-hybridized carbons (Fsp3) is 0.333. The second-order valence-corrected chi connectivity index (χ2v) is 5.29. The van der Waals surface area contributed by atoms with Crippen LogP contribution < -0.4 is 10.5 Å². The molecule has 0 aromatic heterocycles. The second-order valence-electron chi connectivity index (χ2n) is 5.29. The van der Waals surface area contributed by atoms with Crippen molar-refractivity contribution in [3.05, 3.63) is 64.7 Å². The highest BCUT2D eigenvalue weighted by atomic mass is 16.5. The molecule has 0 spiro atoms. The molecule has 2 aromatic carbocycles. The Hall–Kier alpha value is -1.80. The van der Waals surface area contributed by atoms with Crippen LogP contribution in [0.2, 0.25) is 0 Å². The minimum atomic E-state index is 0.0149. The molecule has 2 aromatic rings. The van der Waals surface area contributed by atoms with Gasteiger partial charge in [0.15, 0.2) is 0 Å². The van der Waals surface area contributed by atoms with Crippen LogP contribution in [-0.2, 0) is 0 Å². The molecule has 20 heavy (non-hydrogen) atoms. The van der Waals surface area contributed by atoms with Crippen molar-refractivity contribution in [2.45, 2.75) is 33.3 Å². The van der Waals surface area contributed by atoms with E-state index in [9.17, 15) is 0 Å². The summed E-state index contributed by atoms with van der Waals surface area (Å²) in [7, 11) is 0. The van der Waals surface area contributed by atoms with Gasteiger partial charge < -0.3 is 10.5 Å². The van der Waals surface area contributed by atoms with E-state index in [1.165, 1.54) is 22.3 Å². The summed E-state index contributed by atoms with van der Waals surface area (Å²) in [5.74, 6) is 0.948. The molecule has 0 saturated carbocycles. The summed E-state index contributed by atoms with van der Waals surface area (Å²) in [5, 5.41) is 0. The van der Waals surface area contributed by atoms with E-state index in [0.717, 1.165) is 12.2 Å². The standard InChI is InChI=1S/C18H23NO/c1-13-7-9-16(10-8-13)18(11-12-19)20-17-6-4-5-14(2)15(17)3/h4-10,18H,11-12,19H2,1-3H3. The van der Waals surface area contributed by atoms with Crippen LogP contribution in [0.1, 0.15) is 34.8 Å². The quantitative estimate of drug-likeness (QED) is 0.887. The van der Waals surface area contributed by atoms with Gasteiger partial charge in [0.25, 0.3) is 0 Å². The Morgan fingerprint density at radius 2 is 1.70 bits per heavy atom. The van der Waals surface area contributed by atoms with Crippen molar-refractivity contribution in [3.63, 3.8) is 0 Å². The Balaban J connectivity index is 2.25. The Bertz CT molecular complexity index is 560. The lowest BCUT2D eigenvalue weighted by Crippen LogP contribution is -2.14. The molecule has 2 heteroatoms. The molecule has 0 aliphatic rings. The lowest BCUT2D eigenvalue weighted by atomic mass is 10.0. The molecule has 1 unspecified atom stereocenters. The first-order valence-corrected chi connectivity index (χ1v) is 7.11. The van der Waals surface area contributed by atoms with Crippen LogP contribution in [0.15, 0.2) is 42.5 Å². The molecule has 0 amide bonds. The van der Waals surface area contributed by atoms with E-state index in [1.54, 1.807) is 0 Å². The van der Waals surface area contributed by atoms with Crippen molar-refractivity contribution >= 4 is 0 Å². The first kappa shape index (κ1) is 14.6. The van der Waals surface area contributed by atoms with Gasteiger partial charge in [-0.2, -0.15) is 0 Å². The SMILES string of the molecule is Cc1ccc(C(CCN)Oc2cccc(C)c2C)cc1. The minimum absolute atomic E-state index is 0.0149. The van der Waals surface area contributed by atoms with Crippen molar-refractivity contribution in [2.24, 2.45) is 5.73 Å². The maximum atomic E-state index is 6.21. The molecule has 106 valence electrons. The first-order valence-electron chi connectivity index (χ1n) is 7.11. The molecule has 0 radical (unpaired) electrons. The zero-order chi connectivity index (χ0) is 14.5. The molecule has 0 heterocycles. The second kappa shape index (κ2) is 6.58. The summed E-state index contributed by atoms with van der Waals surface area (Å²) in [5.41, 5.74) is 10.6. The monoisotopic (exact) mass is 269 g/mol. The van der Waals surface area contributed by atoms with E-state index in [0.29, 0.717) is 6.54 Å². The predicted octanol–water partition coefficient (Wildman–Crippen LogP) is 4.08. The fourth-order valence-corrected chi connectivity index (χ4v) is 2.23. The van der Waals surface area contributed by atoms with Gasteiger partial charge in [-0.15, -0.1) is 0 Å².